The van der Waals surface area contributed by atoms with Gasteiger partial charge in [0.2, 0.25) is 0 Å². The SMILES string of the molecule is COC(=O)[C@H](C)Oc1ncc(C(=O)Nc2ccc(F)cc2)cn1. The Balaban J connectivity index is 1.99. The molecule has 120 valence electrons. The van der Waals surface area contributed by atoms with Crippen molar-refractivity contribution in [3.63, 3.8) is 0 Å². The van der Waals surface area contributed by atoms with Gasteiger partial charge < -0.3 is 14.8 Å². The number of carbonyl (C=O) groups excluding carboxylic acids is 2. The summed E-state index contributed by atoms with van der Waals surface area (Å²) in [5.74, 6) is -1.41. The molecule has 1 aromatic carbocycles. The van der Waals surface area contributed by atoms with E-state index >= 15 is 0 Å². The van der Waals surface area contributed by atoms with Crippen molar-refractivity contribution >= 4 is 17.6 Å². The molecule has 7 nitrogen and oxygen atoms in total. The number of benzene rings is 1. The Labute approximate surface area is 131 Å². The van der Waals surface area contributed by atoms with E-state index in [-0.39, 0.29) is 11.6 Å². The highest BCUT2D eigenvalue weighted by atomic mass is 19.1. The number of aromatic nitrogens is 2. The van der Waals surface area contributed by atoms with E-state index in [1.807, 2.05) is 0 Å². The van der Waals surface area contributed by atoms with Crippen LogP contribution in [0.1, 0.15) is 17.3 Å². The lowest BCUT2D eigenvalue weighted by atomic mass is 10.2. The van der Waals surface area contributed by atoms with Gasteiger partial charge in [0.25, 0.3) is 5.91 Å². The Morgan fingerprint density at radius 3 is 2.35 bits per heavy atom. The molecule has 1 atom stereocenters. The topological polar surface area (TPSA) is 90.4 Å². The van der Waals surface area contributed by atoms with E-state index in [4.69, 9.17) is 4.74 Å². The molecule has 0 aliphatic heterocycles. The van der Waals surface area contributed by atoms with Crippen LogP contribution in [0.2, 0.25) is 0 Å². The first kappa shape index (κ1) is 16.3. The monoisotopic (exact) mass is 319 g/mol. The zero-order chi connectivity index (χ0) is 16.8. The van der Waals surface area contributed by atoms with E-state index in [1.54, 1.807) is 0 Å². The zero-order valence-corrected chi connectivity index (χ0v) is 12.4. The van der Waals surface area contributed by atoms with Crippen LogP contribution < -0.4 is 10.1 Å². The molecule has 0 fully saturated rings. The van der Waals surface area contributed by atoms with Crippen molar-refractivity contribution in [1.29, 1.82) is 0 Å². The fourth-order valence-corrected chi connectivity index (χ4v) is 1.60. The lowest BCUT2D eigenvalue weighted by Crippen LogP contribution is -2.25. The molecule has 1 amide bonds. The van der Waals surface area contributed by atoms with Crippen LogP contribution in [-0.4, -0.2) is 35.1 Å². The van der Waals surface area contributed by atoms with Crippen LogP contribution in [0.25, 0.3) is 0 Å². The normalized spacial score (nSPS) is 11.4. The largest absolute Gasteiger partial charge is 0.466 e. The number of ether oxygens (including phenoxy) is 2. The quantitative estimate of drug-likeness (QED) is 0.845. The van der Waals surface area contributed by atoms with Crippen LogP contribution in [0, 0.1) is 5.82 Å². The summed E-state index contributed by atoms with van der Waals surface area (Å²) >= 11 is 0. The number of nitrogens with one attached hydrogen (secondary N) is 1. The van der Waals surface area contributed by atoms with Gasteiger partial charge in [0.15, 0.2) is 6.10 Å². The fourth-order valence-electron chi connectivity index (χ4n) is 1.60. The molecule has 2 aromatic rings. The Kier molecular flexibility index (Phi) is 5.19. The zero-order valence-electron chi connectivity index (χ0n) is 12.4. The molecule has 0 saturated heterocycles. The van der Waals surface area contributed by atoms with Crippen LogP contribution in [0.3, 0.4) is 0 Å². The summed E-state index contributed by atoms with van der Waals surface area (Å²) in [5, 5.41) is 2.57. The van der Waals surface area contributed by atoms with Gasteiger partial charge in [0.1, 0.15) is 5.82 Å². The molecular weight excluding hydrogens is 305 g/mol. The molecule has 1 N–H and O–H groups in total. The molecule has 1 aromatic heterocycles. The van der Waals surface area contributed by atoms with Crippen LogP contribution in [0.15, 0.2) is 36.7 Å². The van der Waals surface area contributed by atoms with E-state index in [0.717, 1.165) is 0 Å². The summed E-state index contributed by atoms with van der Waals surface area (Å²) < 4.78 is 22.5. The predicted octanol–water partition coefficient (Wildman–Crippen LogP) is 1.81. The second-order valence-electron chi connectivity index (χ2n) is 4.50. The van der Waals surface area contributed by atoms with E-state index in [0.29, 0.717) is 5.69 Å². The van der Waals surface area contributed by atoms with Crippen molar-refractivity contribution in [2.75, 3.05) is 12.4 Å². The van der Waals surface area contributed by atoms with Crippen molar-refractivity contribution in [2.45, 2.75) is 13.0 Å². The van der Waals surface area contributed by atoms with Gasteiger partial charge in [0, 0.05) is 18.1 Å². The standard InChI is InChI=1S/C15H14FN3O4/c1-9(14(21)22-2)23-15-17-7-10(8-18-15)13(20)19-12-5-3-11(16)4-6-12/h3-9H,1-2H3,(H,19,20)/t9-/m0/s1. The molecule has 0 bridgehead atoms. The minimum Gasteiger partial charge on any atom is -0.466 e. The predicted molar refractivity (Wildman–Crippen MR) is 78.5 cm³/mol. The molecule has 0 aliphatic carbocycles. The number of amides is 1. The molecule has 0 unspecified atom stereocenters. The maximum atomic E-state index is 12.8. The Morgan fingerprint density at radius 1 is 1.17 bits per heavy atom. The number of carbonyl (C=O) groups is 2. The van der Waals surface area contributed by atoms with Gasteiger partial charge in [-0.05, 0) is 31.2 Å². The molecule has 2 rings (SSSR count). The number of esters is 1. The van der Waals surface area contributed by atoms with E-state index in [1.165, 1.54) is 50.7 Å². The summed E-state index contributed by atoms with van der Waals surface area (Å²) in [6.07, 6.45) is 1.65. The molecular formula is C15H14FN3O4. The highest BCUT2D eigenvalue weighted by molar-refractivity contribution is 6.03. The third kappa shape index (κ3) is 4.47. The van der Waals surface area contributed by atoms with Crippen molar-refractivity contribution in [1.82, 2.24) is 9.97 Å². The minimum atomic E-state index is -0.862. The summed E-state index contributed by atoms with van der Waals surface area (Å²) in [7, 11) is 1.24. The van der Waals surface area contributed by atoms with Crippen molar-refractivity contribution in [3.05, 3.63) is 48.0 Å². The maximum absolute atomic E-state index is 12.8. The van der Waals surface area contributed by atoms with Crippen molar-refractivity contribution in [2.24, 2.45) is 0 Å². The van der Waals surface area contributed by atoms with Gasteiger partial charge >= 0.3 is 12.0 Å². The first-order valence-electron chi connectivity index (χ1n) is 6.63. The highest BCUT2D eigenvalue weighted by Gasteiger charge is 2.16. The second kappa shape index (κ2) is 7.30. The number of methoxy groups -OCH3 is 1. The summed E-state index contributed by atoms with van der Waals surface area (Å²) in [4.78, 5) is 30.9. The average Bonchev–Trinajstić information content (AvgIpc) is 2.56. The number of hydrogen-bond acceptors (Lipinski definition) is 6. The highest BCUT2D eigenvalue weighted by Crippen LogP contribution is 2.11. The third-order valence-corrected chi connectivity index (χ3v) is 2.81. The van der Waals surface area contributed by atoms with E-state index in [2.05, 4.69) is 20.0 Å². The van der Waals surface area contributed by atoms with Gasteiger partial charge in [0.05, 0.1) is 12.7 Å². The Morgan fingerprint density at radius 2 is 1.78 bits per heavy atom. The minimum absolute atomic E-state index is 0.0544. The molecule has 0 spiro atoms. The summed E-state index contributed by atoms with van der Waals surface area (Å²) in [5.41, 5.74) is 0.628. The van der Waals surface area contributed by atoms with Gasteiger partial charge in [-0.3, -0.25) is 4.79 Å². The summed E-state index contributed by atoms with van der Waals surface area (Å²) in [6, 6.07) is 5.28. The van der Waals surface area contributed by atoms with Gasteiger partial charge in [-0.25, -0.2) is 19.2 Å². The van der Waals surface area contributed by atoms with Crippen LogP contribution in [-0.2, 0) is 9.53 Å². The lowest BCUT2D eigenvalue weighted by molar-refractivity contribution is -0.148. The van der Waals surface area contributed by atoms with Gasteiger partial charge in [-0.15, -0.1) is 0 Å². The number of rotatable bonds is 5. The number of nitrogens with zero attached hydrogens (tertiary/aromatic N) is 2. The maximum Gasteiger partial charge on any atom is 0.346 e. The number of anilines is 1. The fraction of sp³-hybridized carbons (Fsp3) is 0.200. The molecule has 0 radical (unpaired) electrons. The Bertz CT molecular complexity index is 689. The van der Waals surface area contributed by atoms with Gasteiger partial charge in [-0.2, -0.15) is 0 Å². The first-order valence-corrected chi connectivity index (χ1v) is 6.63. The summed E-state index contributed by atoms with van der Waals surface area (Å²) in [6.45, 7) is 1.49. The third-order valence-electron chi connectivity index (χ3n) is 2.81. The molecule has 8 heteroatoms. The van der Waals surface area contributed by atoms with Crippen molar-refractivity contribution < 1.29 is 23.5 Å². The average molecular weight is 319 g/mol. The van der Waals surface area contributed by atoms with Gasteiger partial charge in [-0.1, -0.05) is 0 Å². The van der Waals surface area contributed by atoms with Crippen molar-refractivity contribution in [3.8, 4) is 6.01 Å². The molecule has 0 saturated carbocycles. The van der Waals surface area contributed by atoms with Crippen LogP contribution in [0.4, 0.5) is 10.1 Å². The smallest absolute Gasteiger partial charge is 0.346 e. The molecule has 0 aliphatic rings. The van der Waals surface area contributed by atoms with E-state index < -0.39 is 23.8 Å². The van der Waals surface area contributed by atoms with E-state index in [9.17, 15) is 14.0 Å². The first-order chi connectivity index (χ1) is 11.0. The van der Waals surface area contributed by atoms with Crippen LogP contribution in [0.5, 0.6) is 6.01 Å². The number of hydrogen-bond donors (Lipinski definition) is 1. The Hall–Kier alpha value is -3.03. The second-order valence-corrected chi connectivity index (χ2v) is 4.50. The molecule has 23 heavy (non-hydrogen) atoms. The van der Waals surface area contributed by atoms with Crippen LogP contribution >= 0.6 is 0 Å². The number of halogens is 1. The lowest BCUT2D eigenvalue weighted by Gasteiger charge is -2.10. The molecule has 1 heterocycles.